The van der Waals surface area contributed by atoms with E-state index in [1.165, 1.54) is 0 Å². The summed E-state index contributed by atoms with van der Waals surface area (Å²) in [5, 5.41) is 8.54. The van der Waals surface area contributed by atoms with Crippen molar-refractivity contribution < 1.29 is 14.7 Å². The summed E-state index contributed by atoms with van der Waals surface area (Å²) in [7, 11) is 0. The maximum Gasteiger partial charge on any atom is 0.308 e. The molecule has 0 saturated carbocycles. The average Bonchev–Trinajstić information content (AvgIpc) is 2.15. The van der Waals surface area contributed by atoms with Gasteiger partial charge in [-0.1, -0.05) is 20.4 Å². The normalized spacial score (nSPS) is 9.73. The second-order valence-electron chi connectivity index (χ2n) is 3.47. The van der Waals surface area contributed by atoms with Gasteiger partial charge in [-0.3, -0.25) is 9.59 Å². The Kier molecular flexibility index (Phi) is 6.42. The number of amides is 1. The van der Waals surface area contributed by atoms with Gasteiger partial charge in [0, 0.05) is 18.7 Å². The number of carbonyl (C=O) groups excluding carboxylic acids is 1. The molecule has 0 bridgehead atoms. The van der Waals surface area contributed by atoms with Crippen molar-refractivity contribution in [1.82, 2.24) is 4.90 Å². The first-order valence-electron chi connectivity index (χ1n) is 5.21. The van der Waals surface area contributed by atoms with Crippen molar-refractivity contribution in [3.05, 3.63) is 12.2 Å². The molecule has 0 rings (SSSR count). The lowest BCUT2D eigenvalue weighted by atomic mass is 10.2. The number of nitrogens with zero attached hydrogens (tertiary/aromatic N) is 1. The lowest BCUT2D eigenvalue weighted by Crippen LogP contribution is -2.33. The molecule has 0 aliphatic rings. The van der Waals surface area contributed by atoms with E-state index in [1.807, 2.05) is 13.8 Å². The fourth-order valence-corrected chi connectivity index (χ4v) is 1.34. The van der Waals surface area contributed by atoms with Crippen LogP contribution in [0.5, 0.6) is 0 Å². The minimum Gasteiger partial charge on any atom is -0.481 e. The lowest BCUT2D eigenvalue weighted by Gasteiger charge is -2.21. The van der Waals surface area contributed by atoms with Crippen molar-refractivity contribution in [2.24, 2.45) is 0 Å². The van der Waals surface area contributed by atoms with Crippen LogP contribution in [0.25, 0.3) is 0 Å². The zero-order valence-corrected chi connectivity index (χ0v) is 9.45. The summed E-state index contributed by atoms with van der Waals surface area (Å²) in [6.45, 7) is 8.79. The van der Waals surface area contributed by atoms with Crippen LogP contribution in [0, 0.1) is 0 Å². The van der Waals surface area contributed by atoms with Gasteiger partial charge < -0.3 is 10.0 Å². The Morgan fingerprint density at radius 1 is 1.20 bits per heavy atom. The fourth-order valence-electron chi connectivity index (χ4n) is 1.34. The van der Waals surface area contributed by atoms with E-state index in [1.54, 1.807) is 4.90 Å². The van der Waals surface area contributed by atoms with Gasteiger partial charge in [0.1, 0.15) is 0 Å². The van der Waals surface area contributed by atoms with Crippen LogP contribution in [0.15, 0.2) is 12.2 Å². The Balaban J connectivity index is 4.34. The van der Waals surface area contributed by atoms with Gasteiger partial charge in [-0.15, -0.1) is 0 Å². The molecule has 1 N–H and O–H groups in total. The van der Waals surface area contributed by atoms with Crippen LogP contribution in [0.4, 0.5) is 0 Å². The smallest absolute Gasteiger partial charge is 0.308 e. The average molecular weight is 213 g/mol. The first-order valence-corrected chi connectivity index (χ1v) is 5.21. The van der Waals surface area contributed by atoms with Crippen molar-refractivity contribution in [1.29, 1.82) is 0 Å². The molecule has 0 aliphatic heterocycles. The van der Waals surface area contributed by atoms with Gasteiger partial charge in [0.05, 0.1) is 6.42 Å². The van der Waals surface area contributed by atoms with E-state index in [9.17, 15) is 9.59 Å². The first kappa shape index (κ1) is 13.7. The fraction of sp³-hybridized carbons (Fsp3) is 0.636. The summed E-state index contributed by atoms with van der Waals surface area (Å²) < 4.78 is 0. The molecule has 0 atom stereocenters. The van der Waals surface area contributed by atoms with Gasteiger partial charge in [-0.2, -0.15) is 0 Å². The Morgan fingerprint density at radius 2 is 1.67 bits per heavy atom. The molecule has 0 heterocycles. The van der Waals surface area contributed by atoms with Crippen LogP contribution < -0.4 is 0 Å². The van der Waals surface area contributed by atoms with Crippen LogP contribution in [-0.4, -0.2) is 35.0 Å². The number of carbonyl (C=O) groups is 2. The molecule has 0 aromatic rings. The molecule has 4 heteroatoms. The van der Waals surface area contributed by atoms with Crippen molar-refractivity contribution in [3.63, 3.8) is 0 Å². The topological polar surface area (TPSA) is 57.6 Å². The van der Waals surface area contributed by atoms with Gasteiger partial charge in [0.15, 0.2) is 0 Å². The van der Waals surface area contributed by atoms with E-state index in [-0.39, 0.29) is 17.9 Å². The zero-order valence-electron chi connectivity index (χ0n) is 9.45. The van der Waals surface area contributed by atoms with Gasteiger partial charge in [-0.05, 0) is 12.8 Å². The molecule has 4 nitrogen and oxygen atoms in total. The second kappa shape index (κ2) is 7.04. The highest BCUT2D eigenvalue weighted by Gasteiger charge is 2.16. The number of carboxylic acids is 1. The highest BCUT2D eigenvalue weighted by Crippen LogP contribution is 2.06. The minimum atomic E-state index is -1.01. The number of aliphatic carboxylic acids is 1. The molecule has 1 amide bonds. The van der Waals surface area contributed by atoms with Crippen LogP contribution in [-0.2, 0) is 9.59 Å². The van der Waals surface area contributed by atoms with Crippen molar-refractivity contribution in [2.75, 3.05) is 13.1 Å². The Morgan fingerprint density at radius 3 is 2.00 bits per heavy atom. The third kappa shape index (κ3) is 5.20. The van der Waals surface area contributed by atoms with Gasteiger partial charge in [-0.25, -0.2) is 0 Å². The van der Waals surface area contributed by atoms with Crippen molar-refractivity contribution in [2.45, 2.75) is 33.1 Å². The molecule has 0 spiro atoms. The maximum absolute atomic E-state index is 11.7. The predicted octanol–water partition coefficient (Wildman–Crippen LogP) is 1.67. The molecule has 0 aromatic heterocycles. The molecular formula is C11H19NO3. The van der Waals surface area contributed by atoms with Gasteiger partial charge in [0.25, 0.3) is 0 Å². The van der Waals surface area contributed by atoms with Crippen LogP contribution in [0.3, 0.4) is 0 Å². The molecule has 0 radical (unpaired) electrons. The number of carboxylic acid groups (broad SMARTS) is 1. The molecule has 0 unspecified atom stereocenters. The zero-order chi connectivity index (χ0) is 11.8. The summed E-state index contributed by atoms with van der Waals surface area (Å²) in [4.78, 5) is 23.8. The number of rotatable bonds is 7. The lowest BCUT2D eigenvalue weighted by molar-refractivity contribution is -0.138. The van der Waals surface area contributed by atoms with E-state index in [0.717, 1.165) is 12.8 Å². The van der Waals surface area contributed by atoms with Crippen LogP contribution in [0.1, 0.15) is 33.1 Å². The van der Waals surface area contributed by atoms with Crippen molar-refractivity contribution in [3.8, 4) is 0 Å². The Hall–Kier alpha value is -1.32. The Labute approximate surface area is 90.6 Å². The first-order chi connectivity index (χ1) is 7.02. The standard InChI is InChI=1S/C11H19NO3/c1-4-6-12(7-5-2)11(15)9(3)8-10(13)14/h3-8H2,1-2H3,(H,13,14). The molecule has 0 aromatic carbocycles. The number of hydrogen-bond acceptors (Lipinski definition) is 2. The summed E-state index contributed by atoms with van der Waals surface area (Å²) in [6.07, 6.45) is 1.46. The Bertz CT molecular complexity index is 242. The summed E-state index contributed by atoms with van der Waals surface area (Å²) in [6, 6.07) is 0. The molecule has 86 valence electrons. The molecular weight excluding hydrogens is 194 g/mol. The third-order valence-corrected chi connectivity index (χ3v) is 1.94. The van der Waals surface area contributed by atoms with Crippen molar-refractivity contribution >= 4 is 11.9 Å². The summed E-state index contributed by atoms with van der Waals surface area (Å²) >= 11 is 0. The van der Waals surface area contributed by atoms with Crippen LogP contribution in [0.2, 0.25) is 0 Å². The predicted molar refractivity (Wildman–Crippen MR) is 58.6 cm³/mol. The summed E-state index contributed by atoms with van der Waals surface area (Å²) in [5.74, 6) is -1.25. The van der Waals surface area contributed by atoms with E-state index in [4.69, 9.17) is 5.11 Å². The van der Waals surface area contributed by atoms with E-state index in [2.05, 4.69) is 6.58 Å². The van der Waals surface area contributed by atoms with E-state index >= 15 is 0 Å². The molecule has 0 saturated heterocycles. The van der Waals surface area contributed by atoms with E-state index < -0.39 is 5.97 Å². The third-order valence-electron chi connectivity index (χ3n) is 1.94. The highest BCUT2D eigenvalue weighted by molar-refractivity contribution is 5.96. The molecule has 15 heavy (non-hydrogen) atoms. The monoisotopic (exact) mass is 213 g/mol. The molecule has 0 aliphatic carbocycles. The SMILES string of the molecule is C=C(CC(=O)O)C(=O)N(CCC)CCC. The highest BCUT2D eigenvalue weighted by atomic mass is 16.4. The van der Waals surface area contributed by atoms with Crippen LogP contribution >= 0.6 is 0 Å². The maximum atomic E-state index is 11.7. The molecule has 0 fully saturated rings. The minimum absolute atomic E-state index is 0.157. The van der Waals surface area contributed by atoms with Gasteiger partial charge in [0.2, 0.25) is 5.91 Å². The second-order valence-corrected chi connectivity index (χ2v) is 3.47. The quantitative estimate of drug-likeness (QED) is 0.654. The largest absolute Gasteiger partial charge is 0.481 e. The van der Waals surface area contributed by atoms with Gasteiger partial charge >= 0.3 is 5.97 Å². The van der Waals surface area contributed by atoms with E-state index in [0.29, 0.717) is 13.1 Å². The number of hydrogen-bond donors (Lipinski definition) is 1. The summed E-state index contributed by atoms with van der Waals surface area (Å²) in [5.41, 5.74) is 0.157.